The Morgan fingerprint density at radius 3 is 1.09 bits per heavy atom. The highest BCUT2D eigenvalue weighted by molar-refractivity contribution is 6.23. The van der Waals surface area contributed by atoms with Gasteiger partial charge in [-0.2, -0.15) is 0 Å². The molecule has 0 saturated heterocycles. The lowest BCUT2D eigenvalue weighted by Gasteiger charge is -2.19. The van der Waals surface area contributed by atoms with E-state index in [1.54, 1.807) is 12.4 Å². The van der Waals surface area contributed by atoms with Crippen LogP contribution in [0.5, 0.6) is 0 Å². The maximum atomic E-state index is 5.20. The van der Waals surface area contributed by atoms with E-state index in [0.29, 0.717) is 40.8 Å². The number of nitrogens with zero attached hydrogens (tertiary/aromatic N) is 8. The average molecular weight is 1100 g/mol. The van der Waals surface area contributed by atoms with Gasteiger partial charge in [0.05, 0.1) is 0 Å². The summed E-state index contributed by atoms with van der Waals surface area (Å²) in [5.41, 5.74) is 12.8. The summed E-state index contributed by atoms with van der Waals surface area (Å²) in [6, 6.07) is 97.4. The third kappa shape index (κ3) is 9.06. The molecule has 0 aliphatic rings. The summed E-state index contributed by atoms with van der Waals surface area (Å²) >= 11 is 0. The van der Waals surface area contributed by atoms with Crippen molar-refractivity contribution in [1.29, 1.82) is 0 Å². The zero-order valence-corrected chi connectivity index (χ0v) is 46.3. The van der Waals surface area contributed by atoms with E-state index in [-0.39, 0.29) is 0 Å². The number of hydrogen-bond donors (Lipinski definition) is 0. The summed E-state index contributed by atoms with van der Waals surface area (Å²) in [6.45, 7) is 0. The third-order valence-corrected chi connectivity index (χ3v) is 16.3. The molecule has 0 bridgehead atoms. The van der Waals surface area contributed by atoms with Gasteiger partial charge in [0.1, 0.15) is 0 Å². The van der Waals surface area contributed by atoms with Gasteiger partial charge in [-0.25, -0.2) is 39.9 Å². The Labute approximate surface area is 495 Å². The topological polar surface area (TPSA) is 103 Å². The Kier molecular flexibility index (Phi) is 12.3. The van der Waals surface area contributed by atoms with E-state index >= 15 is 0 Å². The fourth-order valence-electron chi connectivity index (χ4n) is 12.1. The summed E-state index contributed by atoms with van der Waals surface area (Å²) in [5, 5.41) is 11.4. The van der Waals surface area contributed by atoms with Crippen LogP contribution in [0.15, 0.2) is 291 Å². The summed E-state index contributed by atoms with van der Waals surface area (Å²) in [5.74, 6) is 4.05. The van der Waals surface area contributed by atoms with Gasteiger partial charge in [-0.05, 0) is 105 Å². The lowest BCUT2D eigenvalue weighted by Crippen LogP contribution is -2.01. The van der Waals surface area contributed by atoms with Crippen molar-refractivity contribution in [3.63, 3.8) is 0 Å². The quantitative estimate of drug-likeness (QED) is 0.0985. The Bertz CT molecular complexity index is 5120. The summed E-state index contributed by atoms with van der Waals surface area (Å²) < 4.78 is 0. The minimum atomic E-state index is 0.549. The minimum Gasteiger partial charge on any atom is -0.237 e. The van der Waals surface area contributed by atoms with Gasteiger partial charge in [-0.15, -0.1) is 0 Å². The Morgan fingerprint density at radius 2 is 0.570 bits per heavy atom. The van der Waals surface area contributed by atoms with Crippen LogP contribution in [0.2, 0.25) is 0 Å². The van der Waals surface area contributed by atoms with Crippen LogP contribution >= 0.6 is 0 Å². The van der Waals surface area contributed by atoms with Gasteiger partial charge in [-0.1, -0.05) is 261 Å². The van der Waals surface area contributed by atoms with Crippen LogP contribution in [0.25, 0.3) is 167 Å². The molecule has 0 N–H and O–H groups in total. The molecule has 0 spiro atoms. The average Bonchev–Trinajstić information content (AvgIpc) is 1.09. The number of benzene rings is 13. The lowest BCUT2D eigenvalue weighted by molar-refractivity contribution is 1.07. The maximum Gasteiger partial charge on any atom is 0.164 e. The number of rotatable bonds is 10. The van der Waals surface area contributed by atoms with E-state index in [4.69, 9.17) is 39.9 Å². The molecule has 0 aliphatic carbocycles. The lowest BCUT2D eigenvalue weighted by atomic mass is 9.86. The second-order valence-electron chi connectivity index (χ2n) is 21.4. The minimum absolute atomic E-state index is 0.549. The molecule has 3 aromatic heterocycles. The number of fused-ring (bicyclic) bond motifs is 7. The van der Waals surface area contributed by atoms with Crippen LogP contribution in [0.4, 0.5) is 0 Å². The van der Waals surface area contributed by atoms with Crippen molar-refractivity contribution in [3.8, 4) is 113 Å². The molecule has 0 amide bonds. The molecular formula is C78H48N8. The first-order valence-corrected chi connectivity index (χ1v) is 28.7. The molecule has 0 atom stereocenters. The van der Waals surface area contributed by atoms with Crippen molar-refractivity contribution < 1.29 is 0 Å². The highest BCUT2D eigenvalue weighted by atomic mass is 15.0. The Balaban J connectivity index is 0.876. The highest BCUT2D eigenvalue weighted by Crippen LogP contribution is 2.46. The first kappa shape index (κ1) is 50.0. The standard InChI is InChI=1S/C78H48N8/c1-5-18-55(19-6-1)72-81-73(56-20-7-2-8-21-56)84-76(83-72)59-41-44-66-67(47-59)70(53-36-31-50(32-37-53)49-29-33-52(34-30-49)61-27-15-28-64-63(61)42-39-54-38-35-51-17-13-14-26-62(51)69(54)64)65-43-40-60(48-68(65)71(66)78-79-45-16-46-80-78)77-85-74(57-22-9-3-10-23-57)82-75(86-77)58-24-11-4-12-25-58/h1-48H. The summed E-state index contributed by atoms with van der Waals surface area (Å²) in [7, 11) is 0. The third-order valence-electron chi connectivity index (χ3n) is 16.3. The van der Waals surface area contributed by atoms with Gasteiger partial charge in [0.25, 0.3) is 0 Å². The number of hydrogen-bond acceptors (Lipinski definition) is 8. The fourth-order valence-corrected chi connectivity index (χ4v) is 12.1. The predicted octanol–water partition coefficient (Wildman–Crippen LogP) is 19.3. The molecule has 0 aliphatic heterocycles. The Morgan fingerprint density at radius 1 is 0.186 bits per heavy atom. The molecule has 13 aromatic carbocycles. The Hall–Kier alpha value is -11.7. The van der Waals surface area contributed by atoms with Crippen LogP contribution in [-0.2, 0) is 0 Å². The van der Waals surface area contributed by atoms with Crippen molar-refractivity contribution in [2.24, 2.45) is 0 Å². The first-order valence-electron chi connectivity index (χ1n) is 28.7. The smallest absolute Gasteiger partial charge is 0.164 e. The second-order valence-corrected chi connectivity index (χ2v) is 21.4. The van der Waals surface area contributed by atoms with Crippen molar-refractivity contribution in [1.82, 2.24) is 39.9 Å². The molecule has 8 heteroatoms. The largest absolute Gasteiger partial charge is 0.237 e. The summed E-state index contributed by atoms with van der Waals surface area (Å²) in [4.78, 5) is 40.7. The van der Waals surface area contributed by atoms with Gasteiger partial charge in [0, 0.05) is 51.3 Å². The van der Waals surface area contributed by atoms with Crippen LogP contribution in [0, 0.1) is 0 Å². The zero-order chi connectivity index (χ0) is 56.9. The fraction of sp³-hybridized carbons (Fsp3) is 0. The molecule has 0 fully saturated rings. The maximum absolute atomic E-state index is 5.20. The molecule has 16 aromatic rings. The molecule has 0 radical (unpaired) electrons. The molecule has 16 rings (SSSR count). The predicted molar refractivity (Wildman–Crippen MR) is 351 cm³/mol. The normalized spacial score (nSPS) is 11.5. The van der Waals surface area contributed by atoms with Crippen LogP contribution in [0.1, 0.15) is 0 Å². The van der Waals surface area contributed by atoms with Gasteiger partial charge >= 0.3 is 0 Å². The van der Waals surface area contributed by atoms with E-state index in [1.807, 2.05) is 127 Å². The van der Waals surface area contributed by atoms with Gasteiger partial charge in [0.2, 0.25) is 0 Å². The van der Waals surface area contributed by atoms with Gasteiger partial charge in [-0.3, -0.25) is 0 Å². The van der Waals surface area contributed by atoms with E-state index in [0.717, 1.165) is 82.7 Å². The molecular weight excluding hydrogens is 1050 g/mol. The van der Waals surface area contributed by atoms with Crippen molar-refractivity contribution in [2.75, 3.05) is 0 Å². The van der Waals surface area contributed by atoms with E-state index in [2.05, 4.69) is 152 Å². The van der Waals surface area contributed by atoms with Crippen LogP contribution < -0.4 is 0 Å². The number of aromatic nitrogens is 8. The zero-order valence-electron chi connectivity index (χ0n) is 46.3. The van der Waals surface area contributed by atoms with Crippen molar-refractivity contribution in [3.05, 3.63) is 291 Å². The molecule has 3 heterocycles. The van der Waals surface area contributed by atoms with Gasteiger partial charge in [0.15, 0.2) is 40.8 Å². The molecule has 8 nitrogen and oxygen atoms in total. The molecule has 86 heavy (non-hydrogen) atoms. The monoisotopic (exact) mass is 1100 g/mol. The second kappa shape index (κ2) is 21.2. The SMILES string of the molecule is c1ccc(-c2nc(-c3ccccc3)nc(-c3ccc4c(-c5ncccn5)c5cc(-c6nc(-c7ccccc7)nc(-c7ccccc7)n6)ccc5c(-c5ccc(-c6ccc(-c7cccc8c7ccc7ccc9ccccc9c78)cc6)cc5)c4c3)n2)cc1. The van der Waals surface area contributed by atoms with Crippen LogP contribution in [0.3, 0.4) is 0 Å². The van der Waals surface area contributed by atoms with E-state index in [9.17, 15) is 0 Å². The van der Waals surface area contributed by atoms with Gasteiger partial charge < -0.3 is 0 Å². The van der Waals surface area contributed by atoms with E-state index < -0.39 is 0 Å². The van der Waals surface area contributed by atoms with Crippen LogP contribution in [-0.4, -0.2) is 39.9 Å². The molecule has 400 valence electrons. The van der Waals surface area contributed by atoms with E-state index in [1.165, 1.54) is 43.4 Å². The molecule has 0 saturated carbocycles. The summed E-state index contributed by atoms with van der Waals surface area (Å²) in [6.07, 6.45) is 3.60. The van der Waals surface area contributed by atoms with Crippen molar-refractivity contribution in [2.45, 2.75) is 0 Å². The van der Waals surface area contributed by atoms with Crippen molar-refractivity contribution >= 4 is 53.9 Å². The first-order chi connectivity index (χ1) is 42.6. The highest BCUT2D eigenvalue weighted by Gasteiger charge is 2.23. The molecule has 0 unspecified atom stereocenters.